The molecule has 3 aliphatic rings. The second-order valence-corrected chi connectivity index (χ2v) is 23.5. The van der Waals surface area contributed by atoms with Gasteiger partial charge in [0, 0.05) is 80.7 Å². The number of carbonyl (C=O) groups is 6. The van der Waals surface area contributed by atoms with Gasteiger partial charge in [-0.1, -0.05) is 60.9 Å². The van der Waals surface area contributed by atoms with Gasteiger partial charge in [-0.05, 0) is 113 Å². The van der Waals surface area contributed by atoms with Crippen molar-refractivity contribution in [2.45, 2.75) is 116 Å². The zero-order valence-electron chi connectivity index (χ0n) is 50.3. The highest BCUT2D eigenvalue weighted by Crippen LogP contribution is 2.31. The van der Waals surface area contributed by atoms with Crippen LogP contribution in [0.4, 0.5) is 9.18 Å². The van der Waals surface area contributed by atoms with Crippen LogP contribution in [0.2, 0.25) is 0 Å². The summed E-state index contributed by atoms with van der Waals surface area (Å²) in [4.78, 5) is 101. The van der Waals surface area contributed by atoms with E-state index in [1.807, 2.05) is 37.3 Å². The summed E-state index contributed by atoms with van der Waals surface area (Å²) in [5.74, 6) is -1.18. The predicted molar refractivity (Wildman–Crippen MR) is 322 cm³/mol. The molecule has 1 aliphatic carbocycles. The lowest BCUT2D eigenvalue weighted by Crippen LogP contribution is -2.52. The van der Waals surface area contributed by atoms with Crippen LogP contribution in [0.5, 0.6) is 11.5 Å². The summed E-state index contributed by atoms with van der Waals surface area (Å²) < 4.78 is 33.8. The Balaban J connectivity index is 0.731. The number of likely N-dealkylation sites (tertiary alicyclic amines) is 1. The van der Waals surface area contributed by atoms with Crippen LogP contribution in [0, 0.1) is 11.7 Å². The van der Waals surface area contributed by atoms with Gasteiger partial charge in [-0.25, -0.2) is 14.3 Å². The fraction of sp³-hybridized carbons (Fsp3) is 0.469. The Labute approximate surface area is 505 Å². The van der Waals surface area contributed by atoms with Crippen LogP contribution in [-0.4, -0.2) is 165 Å². The first-order valence-electron chi connectivity index (χ1n) is 30.1. The Morgan fingerprint density at radius 3 is 2.37 bits per heavy atom. The molecule has 3 fully saturated rings. The highest BCUT2D eigenvalue weighted by molar-refractivity contribution is 5.98. The smallest absolute Gasteiger partial charge is 0.411 e. The molecule has 6 aromatic rings. The van der Waals surface area contributed by atoms with Crippen molar-refractivity contribution < 1.29 is 47.4 Å². The van der Waals surface area contributed by atoms with E-state index in [-0.39, 0.29) is 105 Å². The molecule has 23 heteroatoms. The van der Waals surface area contributed by atoms with Gasteiger partial charge in [0.2, 0.25) is 17.7 Å². The minimum absolute atomic E-state index is 0.0518. The molecular formula is C64H79FN12O10. The molecule has 22 nitrogen and oxygen atoms in total. The molecule has 4 heterocycles. The van der Waals surface area contributed by atoms with Gasteiger partial charge >= 0.3 is 6.09 Å². The molecule has 1 saturated carbocycles. The van der Waals surface area contributed by atoms with Crippen molar-refractivity contribution in [2.75, 3.05) is 72.6 Å². The lowest BCUT2D eigenvalue weighted by molar-refractivity contribution is -0.134. The lowest BCUT2D eigenvalue weighted by Gasteiger charge is -2.35. The number of nitrogens with zero attached hydrogens (tertiary/aromatic N) is 8. The number of fused-ring (bicyclic) bond motifs is 1. The molecule has 0 bridgehead atoms. The van der Waals surface area contributed by atoms with Crippen molar-refractivity contribution in [1.29, 1.82) is 0 Å². The normalized spacial score (nSPS) is 16.0. The highest BCUT2D eigenvalue weighted by Gasteiger charge is 2.34. The number of halogens is 1. The fourth-order valence-corrected chi connectivity index (χ4v) is 11.6. The van der Waals surface area contributed by atoms with Crippen LogP contribution in [0.25, 0.3) is 10.8 Å². The first kappa shape index (κ1) is 62.8. The number of piperidine rings is 1. The molecule has 0 spiro atoms. The van der Waals surface area contributed by atoms with Gasteiger partial charge in [-0.3, -0.25) is 38.3 Å². The second kappa shape index (κ2) is 29.1. The summed E-state index contributed by atoms with van der Waals surface area (Å²) in [5.41, 5.74) is 2.60. The van der Waals surface area contributed by atoms with E-state index in [1.165, 1.54) is 17.0 Å². The van der Waals surface area contributed by atoms with E-state index in [1.54, 1.807) is 95.9 Å². The average Bonchev–Trinajstić information content (AvgIpc) is 3.05. The van der Waals surface area contributed by atoms with Crippen LogP contribution >= 0.6 is 0 Å². The molecular weight excluding hydrogens is 1120 g/mol. The molecule has 2 aromatic heterocycles. The maximum atomic E-state index is 15.1. The molecule has 2 aliphatic heterocycles. The number of piperazine rings is 1. The van der Waals surface area contributed by atoms with Crippen molar-refractivity contribution >= 4 is 46.4 Å². The maximum Gasteiger partial charge on any atom is 0.411 e. The predicted octanol–water partition coefficient (Wildman–Crippen LogP) is 6.36. The third-order valence-electron chi connectivity index (χ3n) is 16.1. The number of hydrogen-bond donors (Lipinski definition) is 4. The van der Waals surface area contributed by atoms with Gasteiger partial charge < -0.3 is 44.9 Å². The van der Waals surface area contributed by atoms with Gasteiger partial charge in [0.25, 0.3) is 17.4 Å². The molecule has 462 valence electrons. The highest BCUT2D eigenvalue weighted by atomic mass is 19.1. The zero-order chi connectivity index (χ0) is 61.6. The summed E-state index contributed by atoms with van der Waals surface area (Å²) in [6, 6.07) is 23.4. The van der Waals surface area contributed by atoms with E-state index in [0.29, 0.717) is 83.1 Å². The van der Waals surface area contributed by atoms with E-state index in [9.17, 15) is 33.6 Å². The molecule has 6 amide bonds. The third-order valence-corrected chi connectivity index (χ3v) is 16.1. The third kappa shape index (κ3) is 16.6. The molecule has 87 heavy (non-hydrogen) atoms. The largest absolute Gasteiger partial charge is 0.497 e. The number of methoxy groups -OCH3 is 1. The monoisotopic (exact) mass is 1190 g/mol. The van der Waals surface area contributed by atoms with Gasteiger partial charge in [-0.15, -0.1) is 5.10 Å². The summed E-state index contributed by atoms with van der Waals surface area (Å²) in [7, 11) is 1.57. The number of hydrogen-bond acceptors (Lipinski definition) is 14. The van der Waals surface area contributed by atoms with E-state index in [2.05, 4.69) is 36.5 Å². The van der Waals surface area contributed by atoms with Gasteiger partial charge in [0.05, 0.1) is 62.7 Å². The van der Waals surface area contributed by atoms with Crippen LogP contribution in [-0.2, 0) is 45.2 Å². The van der Waals surface area contributed by atoms with Crippen molar-refractivity contribution in [1.82, 2.24) is 60.7 Å². The maximum absolute atomic E-state index is 15.1. The first-order chi connectivity index (χ1) is 41.9. The minimum atomic E-state index is -0.795. The number of rotatable bonds is 22. The number of H-pyrrole nitrogens is 1. The number of aromatic nitrogens is 5. The molecule has 2 saturated heterocycles. The summed E-state index contributed by atoms with van der Waals surface area (Å²) in [6.07, 6.45) is 7.42. The van der Waals surface area contributed by atoms with E-state index in [0.717, 1.165) is 50.5 Å². The Hall–Kier alpha value is -8.73. The molecule has 0 radical (unpaired) electrons. The summed E-state index contributed by atoms with van der Waals surface area (Å²) >= 11 is 0. The van der Waals surface area contributed by atoms with Gasteiger partial charge in [0.1, 0.15) is 41.2 Å². The Kier molecular flexibility index (Phi) is 21.0. The van der Waals surface area contributed by atoms with Crippen molar-refractivity contribution in [2.24, 2.45) is 5.92 Å². The number of carbonyl (C=O) groups excluding carboxylic acids is 6. The number of aromatic amines is 1. The number of benzene rings is 4. The Morgan fingerprint density at radius 1 is 0.839 bits per heavy atom. The van der Waals surface area contributed by atoms with Crippen LogP contribution in [0.15, 0.2) is 95.9 Å². The molecule has 4 aromatic carbocycles. The average molecular weight is 1200 g/mol. The number of amides is 6. The summed E-state index contributed by atoms with van der Waals surface area (Å²) in [6.45, 7) is 10.3. The zero-order valence-corrected chi connectivity index (χ0v) is 50.3. The Bertz CT molecular complexity index is 3480. The number of ether oxygens (including phenoxy) is 3. The van der Waals surface area contributed by atoms with Crippen LogP contribution in [0.3, 0.4) is 0 Å². The fourth-order valence-electron chi connectivity index (χ4n) is 11.6. The Morgan fingerprint density at radius 2 is 1.61 bits per heavy atom. The first-order valence-corrected chi connectivity index (χ1v) is 30.1. The topological polar surface area (TPSA) is 256 Å². The van der Waals surface area contributed by atoms with Crippen molar-refractivity contribution in [3.8, 4) is 11.5 Å². The molecule has 1 unspecified atom stereocenters. The SMILES string of the molecule is CCOc1cc(OC)ccc1CN(CC(=O)N1CCCC(c2cccc(C(=O)N[C@@H](C(=O)NCc3cn(CCNCC(=O)N4CCN(C(=O)c5cc(Cc6n[nH]c(=O)c7ccccc67)ccc5F)CC4)nn3)C3CCCCC3)c2)C1)C(=O)OC(C)(C)C. The van der Waals surface area contributed by atoms with Gasteiger partial charge in [-0.2, -0.15) is 5.10 Å². The van der Waals surface area contributed by atoms with Crippen molar-refractivity contribution in [3.05, 3.63) is 147 Å². The lowest BCUT2D eigenvalue weighted by atomic mass is 9.83. The van der Waals surface area contributed by atoms with Crippen LogP contribution < -0.4 is 31.0 Å². The van der Waals surface area contributed by atoms with E-state index < -0.39 is 29.5 Å². The standard InChI is InChI=1S/C64H79FN12O10/c1-6-86-55-35-49(85-5)23-22-47(55)39-76(63(84)87-64(2,3)4)41-57(79)75-26-13-18-46(38-75)44-16-12-17-45(34-44)59(80)68-58(43-14-8-7-9-15-43)61(82)67-36-48-40-77(72-69-48)27-25-66-37-56(78)73-28-30-74(31-29-73)62(83)52-32-42(21-24-53(52)65)33-54-50-19-10-11-20-51(50)60(81)71-70-54/h10-12,16-17,19-24,32,34-35,40,43,46,58,66H,6-9,13-15,18,25-31,33,36-39,41H2,1-5H3,(H,67,82)(H,68,80)(H,71,81)/t46?,58-/m1/s1. The molecule has 2 atom stereocenters. The minimum Gasteiger partial charge on any atom is -0.497 e. The second-order valence-electron chi connectivity index (χ2n) is 23.5. The van der Waals surface area contributed by atoms with E-state index in [4.69, 9.17) is 14.2 Å². The quantitative estimate of drug-likeness (QED) is 0.0540. The number of nitrogens with one attached hydrogen (secondary N) is 4. The van der Waals surface area contributed by atoms with E-state index >= 15 is 4.39 Å². The molecule has 9 rings (SSSR count). The molecule has 4 N–H and O–H groups in total. The van der Waals surface area contributed by atoms with Crippen molar-refractivity contribution in [3.63, 3.8) is 0 Å². The summed E-state index contributed by atoms with van der Waals surface area (Å²) in [5, 5.41) is 25.6. The van der Waals surface area contributed by atoms with Gasteiger partial charge in [0.15, 0.2) is 0 Å². The van der Waals surface area contributed by atoms with Crippen LogP contribution in [0.1, 0.15) is 127 Å².